The normalized spacial score (nSPS) is 11.9. The number of carboxylic acids is 1. The first-order valence-corrected chi connectivity index (χ1v) is 8.52. The number of nitrogens with zero attached hydrogens (tertiary/aromatic N) is 3. The molecule has 1 aromatic heterocycles. The third kappa shape index (κ3) is 5.91. The van der Waals surface area contributed by atoms with Crippen molar-refractivity contribution in [3.63, 3.8) is 0 Å². The maximum atomic E-state index is 12.5. The molecule has 9 heteroatoms. The molecule has 0 radical (unpaired) electrons. The van der Waals surface area contributed by atoms with Crippen LogP contribution in [0, 0.1) is 12.8 Å². The summed E-state index contributed by atoms with van der Waals surface area (Å²) in [6, 6.07) is 6.41. The molecule has 1 unspecified atom stereocenters. The van der Waals surface area contributed by atoms with Gasteiger partial charge in [-0.1, -0.05) is 36.8 Å². The largest absolute Gasteiger partial charge is 0.480 e. The molecule has 27 heavy (non-hydrogen) atoms. The molecule has 1 atom stereocenters. The van der Waals surface area contributed by atoms with Crippen molar-refractivity contribution in [2.24, 2.45) is 5.92 Å². The fraction of sp³-hybridized carbons (Fsp3) is 0.389. The number of aliphatic carboxylic acids is 1. The van der Waals surface area contributed by atoms with E-state index in [1.54, 1.807) is 18.2 Å². The minimum Gasteiger partial charge on any atom is -0.480 e. The summed E-state index contributed by atoms with van der Waals surface area (Å²) < 4.78 is 1.17. The first kappa shape index (κ1) is 20.1. The highest BCUT2D eigenvalue weighted by molar-refractivity contribution is 5.97. The Morgan fingerprint density at radius 2 is 2.00 bits per heavy atom. The van der Waals surface area contributed by atoms with Crippen molar-refractivity contribution in [2.75, 3.05) is 0 Å². The van der Waals surface area contributed by atoms with Crippen LogP contribution < -0.4 is 10.6 Å². The van der Waals surface area contributed by atoms with Crippen molar-refractivity contribution < 1.29 is 19.5 Å². The zero-order valence-electron chi connectivity index (χ0n) is 15.5. The molecule has 0 aliphatic rings. The molecule has 1 heterocycles. The van der Waals surface area contributed by atoms with E-state index in [0.29, 0.717) is 11.3 Å². The number of rotatable bonds is 8. The SMILES string of the molecule is Cc1cccc(C(=O)NC(C(=O)NCc2cn(CC(=O)O)nn2)C(C)C)c1. The molecule has 0 saturated heterocycles. The molecule has 0 spiro atoms. The second-order valence-electron chi connectivity index (χ2n) is 6.58. The minimum atomic E-state index is -1.03. The van der Waals surface area contributed by atoms with Crippen LogP contribution in [0.3, 0.4) is 0 Å². The van der Waals surface area contributed by atoms with Crippen LogP contribution in [0.5, 0.6) is 0 Å². The van der Waals surface area contributed by atoms with Crippen molar-refractivity contribution in [3.05, 3.63) is 47.3 Å². The lowest BCUT2D eigenvalue weighted by Crippen LogP contribution is -2.49. The third-order valence-corrected chi connectivity index (χ3v) is 3.84. The fourth-order valence-electron chi connectivity index (χ4n) is 2.47. The highest BCUT2D eigenvalue weighted by Gasteiger charge is 2.24. The Balaban J connectivity index is 1.97. The Bertz CT molecular complexity index is 831. The van der Waals surface area contributed by atoms with Crippen molar-refractivity contribution in [2.45, 2.75) is 39.9 Å². The summed E-state index contributed by atoms with van der Waals surface area (Å²) in [5, 5.41) is 21.7. The Labute approximate surface area is 156 Å². The number of amides is 2. The van der Waals surface area contributed by atoms with E-state index in [4.69, 9.17) is 5.11 Å². The zero-order chi connectivity index (χ0) is 20.0. The van der Waals surface area contributed by atoms with Crippen LogP contribution in [0.25, 0.3) is 0 Å². The second-order valence-corrected chi connectivity index (χ2v) is 6.58. The molecule has 0 aliphatic heterocycles. The number of carbonyl (C=O) groups excluding carboxylic acids is 2. The quantitative estimate of drug-likeness (QED) is 0.627. The highest BCUT2D eigenvalue weighted by Crippen LogP contribution is 2.08. The van der Waals surface area contributed by atoms with Crippen molar-refractivity contribution in [3.8, 4) is 0 Å². The van der Waals surface area contributed by atoms with Gasteiger partial charge in [0.05, 0.1) is 12.7 Å². The maximum Gasteiger partial charge on any atom is 0.325 e. The standard InChI is InChI=1S/C18H23N5O4/c1-11(2)16(20-17(26)13-6-4-5-12(3)7-13)18(27)19-8-14-9-23(22-21-14)10-15(24)25/h4-7,9,11,16H,8,10H2,1-3H3,(H,19,27)(H,20,26)(H,24,25). The van der Waals surface area contributed by atoms with Crippen LogP contribution in [0.1, 0.15) is 35.5 Å². The Morgan fingerprint density at radius 3 is 2.63 bits per heavy atom. The van der Waals surface area contributed by atoms with E-state index in [2.05, 4.69) is 20.9 Å². The molecule has 0 saturated carbocycles. The maximum absolute atomic E-state index is 12.5. The molecule has 9 nitrogen and oxygen atoms in total. The first-order valence-electron chi connectivity index (χ1n) is 8.52. The van der Waals surface area contributed by atoms with Crippen LogP contribution in [0.4, 0.5) is 0 Å². The van der Waals surface area contributed by atoms with Crippen LogP contribution in [0.15, 0.2) is 30.5 Å². The molecule has 0 fully saturated rings. The number of carbonyl (C=O) groups is 3. The summed E-state index contributed by atoms with van der Waals surface area (Å²) in [5.41, 5.74) is 1.87. The second kappa shape index (κ2) is 8.93. The van der Waals surface area contributed by atoms with E-state index >= 15 is 0 Å². The number of nitrogens with one attached hydrogen (secondary N) is 2. The number of benzene rings is 1. The summed E-state index contributed by atoms with van der Waals surface area (Å²) in [6.45, 7) is 5.35. The van der Waals surface area contributed by atoms with Gasteiger partial charge in [-0.15, -0.1) is 5.10 Å². The third-order valence-electron chi connectivity index (χ3n) is 3.84. The summed E-state index contributed by atoms with van der Waals surface area (Å²) in [7, 11) is 0. The average molecular weight is 373 g/mol. The molecule has 2 amide bonds. The predicted octanol–water partition coefficient (Wildman–Crippen LogP) is 0.742. The van der Waals surface area contributed by atoms with Gasteiger partial charge in [0.2, 0.25) is 5.91 Å². The molecular formula is C18H23N5O4. The van der Waals surface area contributed by atoms with E-state index in [1.807, 2.05) is 26.8 Å². The van der Waals surface area contributed by atoms with Gasteiger partial charge in [0.15, 0.2) is 0 Å². The van der Waals surface area contributed by atoms with Gasteiger partial charge in [0, 0.05) is 5.56 Å². The van der Waals surface area contributed by atoms with Crippen molar-refractivity contribution in [1.82, 2.24) is 25.6 Å². The Kier molecular flexibility index (Phi) is 6.64. The number of aryl methyl sites for hydroxylation is 1. The molecular weight excluding hydrogens is 350 g/mol. The number of hydrogen-bond donors (Lipinski definition) is 3. The molecule has 2 rings (SSSR count). The Morgan fingerprint density at radius 1 is 1.26 bits per heavy atom. The highest BCUT2D eigenvalue weighted by atomic mass is 16.4. The summed E-state index contributed by atoms with van der Waals surface area (Å²) in [5.74, 6) is -1.82. The van der Waals surface area contributed by atoms with Gasteiger partial charge >= 0.3 is 5.97 Å². The first-order chi connectivity index (χ1) is 12.8. The Hall–Kier alpha value is -3.23. The smallest absolute Gasteiger partial charge is 0.325 e. The molecule has 0 bridgehead atoms. The van der Waals surface area contributed by atoms with Crippen molar-refractivity contribution >= 4 is 17.8 Å². The van der Waals surface area contributed by atoms with Crippen LogP contribution >= 0.6 is 0 Å². The monoisotopic (exact) mass is 373 g/mol. The lowest BCUT2D eigenvalue weighted by molar-refractivity contribution is -0.138. The van der Waals surface area contributed by atoms with Crippen LogP contribution in [-0.2, 0) is 22.7 Å². The molecule has 0 aliphatic carbocycles. The van der Waals surface area contributed by atoms with Crippen molar-refractivity contribution in [1.29, 1.82) is 0 Å². The van der Waals surface area contributed by atoms with E-state index in [9.17, 15) is 14.4 Å². The zero-order valence-corrected chi connectivity index (χ0v) is 15.5. The van der Waals surface area contributed by atoms with Gasteiger partial charge in [-0.25, -0.2) is 4.68 Å². The van der Waals surface area contributed by atoms with Crippen LogP contribution in [0.2, 0.25) is 0 Å². The van der Waals surface area contributed by atoms with Gasteiger partial charge in [-0.3, -0.25) is 14.4 Å². The number of aromatic nitrogens is 3. The lowest BCUT2D eigenvalue weighted by atomic mass is 10.0. The molecule has 144 valence electrons. The van der Waals surface area contributed by atoms with E-state index in [0.717, 1.165) is 5.56 Å². The van der Waals surface area contributed by atoms with Gasteiger partial charge in [0.1, 0.15) is 18.3 Å². The summed E-state index contributed by atoms with van der Waals surface area (Å²) in [6.07, 6.45) is 1.45. The molecule has 1 aromatic carbocycles. The van der Waals surface area contributed by atoms with E-state index in [-0.39, 0.29) is 30.8 Å². The number of hydrogen-bond acceptors (Lipinski definition) is 5. The van der Waals surface area contributed by atoms with Crippen LogP contribution in [-0.4, -0.2) is 43.9 Å². The fourth-order valence-corrected chi connectivity index (χ4v) is 2.47. The molecule has 3 N–H and O–H groups in total. The summed E-state index contributed by atoms with van der Waals surface area (Å²) in [4.78, 5) is 35.6. The summed E-state index contributed by atoms with van der Waals surface area (Å²) >= 11 is 0. The van der Waals surface area contributed by atoms with Gasteiger partial charge in [-0.2, -0.15) is 0 Å². The molecule has 2 aromatic rings. The topological polar surface area (TPSA) is 126 Å². The average Bonchev–Trinajstić information content (AvgIpc) is 3.03. The van der Waals surface area contributed by atoms with E-state index in [1.165, 1.54) is 10.9 Å². The van der Waals surface area contributed by atoms with Gasteiger partial charge < -0.3 is 15.7 Å². The van der Waals surface area contributed by atoms with E-state index < -0.39 is 12.0 Å². The van der Waals surface area contributed by atoms with Gasteiger partial charge in [0.25, 0.3) is 5.91 Å². The lowest BCUT2D eigenvalue weighted by Gasteiger charge is -2.21. The minimum absolute atomic E-state index is 0.0853. The number of carboxylic acid groups (broad SMARTS) is 1. The van der Waals surface area contributed by atoms with Gasteiger partial charge in [-0.05, 0) is 25.0 Å². The predicted molar refractivity (Wildman–Crippen MR) is 96.8 cm³/mol.